The summed E-state index contributed by atoms with van der Waals surface area (Å²) >= 11 is 7.58. The quantitative estimate of drug-likeness (QED) is 0.304. The monoisotopic (exact) mass is 589 g/mol. The number of thiophene rings is 1. The number of nitrogens with zero attached hydrogens (tertiary/aromatic N) is 4. The molecule has 210 valence electrons. The molecule has 0 radical (unpaired) electrons. The number of halogens is 3. The Hall–Kier alpha value is -3.34. The molecular formula is C27H26ClF2N5O4S. The van der Waals surface area contributed by atoms with E-state index in [1.165, 1.54) is 26.0 Å². The van der Waals surface area contributed by atoms with Gasteiger partial charge in [0.15, 0.2) is 5.82 Å². The highest BCUT2D eigenvalue weighted by Gasteiger charge is 2.31. The maximum absolute atomic E-state index is 16.5. The Labute approximate surface area is 237 Å². The van der Waals surface area contributed by atoms with Gasteiger partial charge in [-0.2, -0.15) is 15.2 Å². The molecule has 1 aliphatic rings. The van der Waals surface area contributed by atoms with E-state index in [1.54, 1.807) is 11.8 Å². The van der Waals surface area contributed by atoms with Gasteiger partial charge in [-0.25, -0.2) is 8.78 Å². The van der Waals surface area contributed by atoms with Crippen LogP contribution in [0.2, 0.25) is 5.02 Å². The minimum absolute atomic E-state index is 0.0226. The smallest absolute Gasteiger partial charge is 0.319 e. The Bertz CT molecular complexity index is 1680. The molecule has 3 heterocycles. The number of ether oxygens (including phenoxy) is 2. The number of hydrogen-bond acceptors (Lipinski definition) is 10. The van der Waals surface area contributed by atoms with Crippen LogP contribution < -0.4 is 15.4 Å². The first-order valence-corrected chi connectivity index (χ1v) is 13.5. The number of rotatable bonds is 5. The number of nitrogen functional groups attached to an aromatic ring is 1. The molecular weight excluding hydrogens is 564 g/mol. The van der Waals surface area contributed by atoms with Gasteiger partial charge >= 0.3 is 6.01 Å². The Morgan fingerprint density at radius 1 is 1.35 bits per heavy atom. The molecule has 2 aromatic heterocycles. The molecule has 0 amide bonds. The molecule has 0 bridgehead atoms. The van der Waals surface area contributed by atoms with E-state index in [1.807, 2.05) is 6.07 Å². The first-order chi connectivity index (χ1) is 18.8. The molecule has 4 aromatic rings. The standard InChI is InChI=1S/C27H26ClF2N5O4S/c1-26(2,36)11-39-25-33-21-14(24(34-25)35-6-7-38-12-27(3,37)10-35)8-16(28)19(20(21)30)13-4-5-17(29)22-18(13)15(9-31)23(32)40-22/h4-5,8,36-37H,6-7,10-12,32H2,1-3H3/t27-/m0/s1. The van der Waals surface area contributed by atoms with Crippen molar-refractivity contribution in [2.75, 3.05) is 43.5 Å². The lowest BCUT2D eigenvalue weighted by Crippen LogP contribution is -2.42. The maximum Gasteiger partial charge on any atom is 0.319 e. The number of benzene rings is 2. The lowest BCUT2D eigenvalue weighted by atomic mass is 9.97. The van der Waals surface area contributed by atoms with Gasteiger partial charge in [-0.3, -0.25) is 0 Å². The van der Waals surface area contributed by atoms with Crippen molar-refractivity contribution in [2.45, 2.75) is 32.0 Å². The molecule has 9 nitrogen and oxygen atoms in total. The van der Waals surface area contributed by atoms with E-state index >= 15 is 4.39 Å². The lowest BCUT2D eigenvalue weighted by molar-refractivity contribution is -0.0123. The van der Waals surface area contributed by atoms with Crippen molar-refractivity contribution in [1.29, 1.82) is 5.26 Å². The zero-order chi connectivity index (χ0) is 29.0. The minimum Gasteiger partial charge on any atom is -0.460 e. The van der Waals surface area contributed by atoms with Gasteiger partial charge in [0.25, 0.3) is 0 Å². The van der Waals surface area contributed by atoms with Gasteiger partial charge in [-0.1, -0.05) is 17.7 Å². The number of hydrogen-bond donors (Lipinski definition) is 3. The van der Waals surface area contributed by atoms with Crippen molar-refractivity contribution in [3.63, 3.8) is 0 Å². The second-order valence-corrected chi connectivity index (χ2v) is 12.1. The highest BCUT2D eigenvalue weighted by atomic mass is 35.5. The third-order valence-electron chi connectivity index (χ3n) is 6.35. The number of fused-ring (bicyclic) bond motifs is 2. The van der Waals surface area contributed by atoms with E-state index in [0.717, 1.165) is 17.4 Å². The second kappa shape index (κ2) is 10.2. The van der Waals surface area contributed by atoms with Gasteiger partial charge in [-0.15, -0.1) is 11.3 Å². The normalized spacial score (nSPS) is 18.2. The highest BCUT2D eigenvalue weighted by Crippen LogP contribution is 2.45. The molecule has 0 aliphatic carbocycles. The molecule has 1 aliphatic heterocycles. The van der Waals surface area contributed by atoms with Crippen molar-refractivity contribution < 1.29 is 28.5 Å². The molecule has 1 saturated heterocycles. The van der Waals surface area contributed by atoms with Crippen LogP contribution in [-0.4, -0.2) is 64.3 Å². The third kappa shape index (κ3) is 5.23. The molecule has 4 N–H and O–H groups in total. The third-order valence-corrected chi connectivity index (χ3v) is 7.67. The van der Waals surface area contributed by atoms with E-state index in [9.17, 15) is 19.9 Å². The summed E-state index contributed by atoms with van der Waals surface area (Å²) in [6.07, 6.45) is 0. The number of β-amino-alcohol motifs (C(OH)–C–C–N with tert-alkyl or cyclic N) is 1. The summed E-state index contributed by atoms with van der Waals surface area (Å²) in [6.45, 7) is 5.32. The zero-order valence-electron chi connectivity index (χ0n) is 21.9. The topological polar surface area (TPSA) is 138 Å². The van der Waals surface area contributed by atoms with E-state index in [2.05, 4.69) is 9.97 Å². The number of aromatic nitrogens is 2. The molecule has 5 rings (SSSR count). The van der Waals surface area contributed by atoms with Crippen LogP contribution in [0.3, 0.4) is 0 Å². The van der Waals surface area contributed by atoms with Crippen LogP contribution in [0.25, 0.3) is 32.1 Å². The maximum atomic E-state index is 16.5. The average molecular weight is 590 g/mol. The fourth-order valence-corrected chi connectivity index (χ4v) is 5.89. The number of nitrogens with two attached hydrogens (primary N) is 1. The fraction of sp³-hybridized carbons (Fsp3) is 0.370. The molecule has 1 fully saturated rings. The molecule has 2 aromatic carbocycles. The van der Waals surface area contributed by atoms with Crippen LogP contribution >= 0.6 is 22.9 Å². The molecule has 40 heavy (non-hydrogen) atoms. The van der Waals surface area contributed by atoms with Crippen molar-refractivity contribution in [3.8, 4) is 23.2 Å². The van der Waals surface area contributed by atoms with Crippen molar-refractivity contribution in [3.05, 3.63) is 40.4 Å². The predicted octanol–water partition coefficient (Wildman–Crippen LogP) is 4.63. The predicted molar refractivity (Wildman–Crippen MR) is 150 cm³/mol. The Kier molecular flexibility index (Phi) is 7.22. The first-order valence-electron chi connectivity index (χ1n) is 12.3. The Morgan fingerprint density at radius 2 is 2.10 bits per heavy atom. The first kappa shape index (κ1) is 28.2. The summed E-state index contributed by atoms with van der Waals surface area (Å²) < 4.78 is 42.5. The summed E-state index contributed by atoms with van der Waals surface area (Å²) in [5.41, 5.74) is 3.47. The van der Waals surface area contributed by atoms with E-state index < -0.39 is 22.8 Å². The van der Waals surface area contributed by atoms with Gasteiger partial charge in [0.1, 0.15) is 40.4 Å². The summed E-state index contributed by atoms with van der Waals surface area (Å²) in [4.78, 5) is 10.5. The minimum atomic E-state index is -1.23. The summed E-state index contributed by atoms with van der Waals surface area (Å²) in [5, 5.41) is 31.1. The molecule has 1 atom stereocenters. The van der Waals surface area contributed by atoms with Crippen LogP contribution in [0.15, 0.2) is 18.2 Å². The van der Waals surface area contributed by atoms with Gasteiger partial charge < -0.3 is 30.3 Å². The lowest BCUT2D eigenvalue weighted by Gasteiger charge is -2.29. The number of nitriles is 1. The second-order valence-electron chi connectivity index (χ2n) is 10.6. The van der Waals surface area contributed by atoms with Crippen molar-refractivity contribution >= 4 is 54.7 Å². The van der Waals surface area contributed by atoms with Crippen LogP contribution in [0.4, 0.5) is 19.6 Å². The molecule has 0 unspecified atom stereocenters. The van der Waals surface area contributed by atoms with Crippen LogP contribution in [0.5, 0.6) is 6.01 Å². The molecule has 0 saturated carbocycles. The van der Waals surface area contributed by atoms with Crippen LogP contribution in [-0.2, 0) is 4.74 Å². The molecule has 13 heteroatoms. The van der Waals surface area contributed by atoms with Crippen LogP contribution in [0.1, 0.15) is 26.3 Å². The summed E-state index contributed by atoms with van der Waals surface area (Å²) in [7, 11) is 0. The number of anilines is 2. The van der Waals surface area contributed by atoms with E-state index in [0.29, 0.717) is 6.54 Å². The summed E-state index contributed by atoms with van der Waals surface area (Å²) in [5.74, 6) is -1.20. The van der Waals surface area contributed by atoms with Gasteiger partial charge in [0.2, 0.25) is 0 Å². The van der Waals surface area contributed by atoms with Crippen LogP contribution in [0, 0.1) is 23.0 Å². The zero-order valence-corrected chi connectivity index (χ0v) is 23.5. The SMILES string of the molecule is CC(C)(O)COc1nc(N2CCOC[C@@](C)(O)C2)c2cc(Cl)c(-c3ccc(F)c4sc(N)c(C#N)c34)c(F)c2n1. The van der Waals surface area contributed by atoms with Gasteiger partial charge in [0.05, 0.1) is 40.6 Å². The molecule has 0 spiro atoms. The average Bonchev–Trinajstić information content (AvgIpc) is 3.10. The van der Waals surface area contributed by atoms with Gasteiger partial charge in [0, 0.05) is 22.9 Å². The van der Waals surface area contributed by atoms with Gasteiger partial charge in [-0.05, 0) is 38.5 Å². The highest BCUT2D eigenvalue weighted by molar-refractivity contribution is 7.23. The number of aliphatic hydroxyl groups is 2. The largest absolute Gasteiger partial charge is 0.460 e. The fourth-order valence-electron chi connectivity index (χ4n) is 4.65. The van der Waals surface area contributed by atoms with Crippen molar-refractivity contribution in [1.82, 2.24) is 9.97 Å². The summed E-state index contributed by atoms with van der Waals surface area (Å²) in [6, 6.07) is 5.77. The van der Waals surface area contributed by atoms with E-state index in [-0.39, 0.29) is 85.9 Å². The Balaban J connectivity index is 1.78. The van der Waals surface area contributed by atoms with Crippen molar-refractivity contribution in [2.24, 2.45) is 0 Å². The Morgan fingerprint density at radius 3 is 2.80 bits per heavy atom. The van der Waals surface area contributed by atoms with E-state index in [4.69, 9.17) is 26.8 Å².